The van der Waals surface area contributed by atoms with Gasteiger partial charge in [-0.3, -0.25) is 19.6 Å². The summed E-state index contributed by atoms with van der Waals surface area (Å²) in [5, 5.41) is 9.88. The molecule has 2 heterocycles. The van der Waals surface area contributed by atoms with Gasteiger partial charge in [-0.1, -0.05) is 35.3 Å². The van der Waals surface area contributed by atoms with E-state index in [1.54, 1.807) is 66.8 Å². The molecule has 1 aromatic heterocycles. The lowest BCUT2D eigenvalue weighted by Crippen LogP contribution is -2.44. The number of hydrogen-bond acceptors (Lipinski definition) is 6. The van der Waals surface area contributed by atoms with Gasteiger partial charge in [-0.2, -0.15) is 5.26 Å². The molecule has 41 heavy (non-hydrogen) atoms. The molecule has 0 spiro atoms. The molecule has 2 atom stereocenters. The van der Waals surface area contributed by atoms with E-state index >= 15 is 0 Å². The Morgan fingerprint density at radius 2 is 1.66 bits per heavy atom. The minimum atomic E-state index is -0.947. The second kappa shape index (κ2) is 11.5. The van der Waals surface area contributed by atoms with Crippen molar-refractivity contribution in [3.8, 4) is 6.07 Å². The Kier molecular flexibility index (Phi) is 7.88. The molecule has 4 aromatic rings. The fourth-order valence-corrected chi connectivity index (χ4v) is 5.60. The minimum Gasteiger partial charge on any atom is -0.338 e. The summed E-state index contributed by atoms with van der Waals surface area (Å²) in [6, 6.07) is 17.0. The largest absolute Gasteiger partial charge is 0.338 e. The zero-order chi connectivity index (χ0) is 29.3. The third kappa shape index (κ3) is 5.44. The van der Waals surface area contributed by atoms with Crippen LogP contribution in [0.15, 0.2) is 73.1 Å². The standard InChI is InChI=1S/C30H24Cl2N6O3/c1-3-37(28(39)20-8-9-25-26(12-20)35-11-10-34-25)17-24(19-6-4-18(16-33)5-7-19)27-29(40)38(30(41)36(27)2)23-14-21(31)13-22(32)15-23/h4-15,24,27H,3,17H2,1-2H3. The quantitative estimate of drug-likeness (QED) is 0.263. The molecule has 1 aliphatic rings. The number of fused-ring (bicyclic) bond motifs is 1. The molecule has 0 N–H and O–H groups in total. The van der Waals surface area contributed by atoms with E-state index in [-0.39, 0.29) is 28.2 Å². The summed E-state index contributed by atoms with van der Waals surface area (Å²) < 4.78 is 0. The molecule has 1 aliphatic heterocycles. The Morgan fingerprint density at radius 3 is 2.29 bits per heavy atom. The van der Waals surface area contributed by atoms with Crippen LogP contribution in [0.5, 0.6) is 0 Å². The third-order valence-electron chi connectivity index (χ3n) is 7.14. The fourth-order valence-electron chi connectivity index (χ4n) is 5.08. The molecule has 206 valence electrons. The van der Waals surface area contributed by atoms with Crippen molar-refractivity contribution < 1.29 is 14.4 Å². The Labute approximate surface area is 246 Å². The number of carbonyl (C=O) groups excluding carboxylic acids is 3. The number of aromatic nitrogens is 2. The molecule has 9 nitrogen and oxygen atoms in total. The van der Waals surface area contributed by atoms with E-state index in [4.69, 9.17) is 23.2 Å². The zero-order valence-electron chi connectivity index (χ0n) is 22.2. The van der Waals surface area contributed by atoms with E-state index in [0.29, 0.717) is 34.3 Å². The predicted octanol–water partition coefficient (Wildman–Crippen LogP) is 5.52. The molecule has 4 amide bonds. The minimum absolute atomic E-state index is 0.123. The summed E-state index contributed by atoms with van der Waals surface area (Å²) >= 11 is 12.3. The monoisotopic (exact) mass is 586 g/mol. The van der Waals surface area contributed by atoms with Crippen LogP contribution in [0, 0.1) is 11.3 Å². The maximum atomic E-state index is 13.9. The summed E-state index contributed by atoms with van der Waals surface area (Å²) in [7, 11) is 1.55. The molecule has 2 unspecified atom stereocenters. The lowest BCUT2D eigenvalue weighted by Gasteiger charge is -2.32. The van der Waals surface area contributed by atoms with E-state index in [2.05, 4.69) is 16.0 Å². The SMILES string of the molecule is CCN(CC(c1ccc(C#N)cc1)C1C(=O)N(c2cc(Cl)cc(Cl)c2)C(=O)N1C)C(=O)c1ccc2nccnc2c1. The molecule has 3 aromatic carbocycles. The van der Waals surface area contributed by atoms with Gasteiger partial charge in [0.2, 0.25) is 0 Å². The van der Waals surface area contributed by atoms with Crippen molar-refractivity contribution >= 4 is 57.8 Å². The molecule has 1 saturated heterocycles. The van der Waals surface area contributed by atoms with Gasteiger partial charge in [0.05, 0.1) is 28.4 Å². The van der Waals surface area contributed by atoms with Gasteiger partial charge in [0.15, 0.2) is 0 Å². The molecule has 5 rings (SSSR count). The lowest BCUT2D eigenvalue weighted by atomic mass is 9.89. The van der Waals surface area contributed by atoms with Crippen LogP contribution in [-0.4, -0.2) is 63.8 Å². The smallest absolute Gasteiger partial charge is 0.331 e. The summed E-state index contributed by atoms with van der Waals surface area (Å²) in [5.41, 5.74) is 3.08. The molecule has 11 heteroatoms. The van der Waals surface area contributed by atoms with Gasteiger partial charge in [-0.25, -0.2) is 9.69 Å². The van der Waals surface area contributed by atoms with E-state index in [0.717, 1.165) is 4.90 Å². The van der Waals surface area contributed by atoms with Gasteiger partial charge >= 0.3 is 6.03 Å². The van der Waals surface area contributed by atoms with Crippen LogP contribution in [-0.2, 0) is 4.79 Å². The topological polar surface area (TPSA) is 110 Å². The maximum Gasteiger partial charge on any atom is 0.331 e. The maximum absolute atomic E-state index is 13.9. The first-order valence-electron chi connectivity index (χ1n) is 12.8. The second-order valence-electron chi connectivity index (χ2n) is 9.58. The van der Waals surface area contributed by atoms with Crippen LogP contribution in [0.4, 0.5) is 10.5 Å². The molecular formula is C30H24Cl2N6O3. The van der Waals surface area contributed by atoms with Crippen molar-refractivity contribution in [2.45, 2.75) is 18.9 Å². The van der Waals surface area contributed by atoms with Crippen LogP contribution >= 0.6 is 23.2 Å². The number of anilines is 1. The summed E-state index contributed by atoms with van der Waals surface area (Å²) in [6.07, 6.45) is 3.15. The molecule has 0 aliphatic carbocycles. The predicted molar refractivity (Wildman–Crippen MR) is 156 cm³/mol. The van der Waals surface area contributed by atoms with Crippen molar-refractivity contribution in [1.82, 2.24) is 19.8 Å². The van der Waals surface area contributed by atoms with Gasteiger partial charge in [0, 0.05) is 54.1 Å². The van der Waals surface area contributed by atoms with Crippen molar-refractivity contribution in [2.24, 2.45) is 0 Å². The van der Waals surface area contributed by atoms with Crippen molar-refractivity contribution in [3.05, 3.63) is 99.8 Å². The Bertz CT molecular complexity index is 1680. The lowest BCUT2D eigenvalue weighted by molar-refractivity contribution is -0.120. The zero-order valence-corrected chi connectivity index (χ0v) is 23.7. The molecule has 0 saturated carbocycles. The highest BCUT2D eigenvalue weighted by atomic mass is 35.5. The molecular weight excluding hydrogens is 563 g/mol. The van der Waals surface area contributed by atoms with Crippen LogP contribution in [0.2, 0.25) is 10.0 Å². The summed E-state index contributed by atoms with van der Waals surface area (Å²) in [4.78, 5) is 53.7. The number of carbonyl (C=O) groups is 3. The van der Waals surface area contributed by atoms with Gasteiger partial charge in [-0.05, 0) is 61.0 Å². The van der Waals surface area contributed by atoms with Crippen LogP contribution in [0.1, 0.15) is 34.3 Å². The van der Waals surface area contributed by atoms with Gasteiger partial charge in [0.1, 0.15) is 6.04 Å². The number of imide groups is 1. The highest BCUT2D eigenvalue weighted by Gasteiger charge is 2.48. The first-order chi connectivity index (χ1) is 19.7. The Morgan fingerprint density at radius 1 is 1.00 bits per heavy atom. The number of nitrogens with zero attached hydrogens (tertiary/aromatic N) is 6. The van der Waals surface area contributed by atoms with Crippen LogP contribution in [0.25, 0.3) is 11.0 Å². The van der Waals surface area contributed by atoms with Crippen molar-refractivity contribution in [3.63, 3.8) is 0 Å². The van der Waals surface area contributed by atoms with E-state index in [1.165, 1.54) is 23.1 Å². The van der Waals surface area contributed by atoms with E-state index < -0.39 is 23.9 Å². The first kappa shape index (κ1) is 28.0. The first-order valence-corrected chi connectivity index (χ1v) is 13.5. The summed E-state index contributed by atoms with van der Waals surface area (Å²) in [5.74, 6) is -1.35. The number of urea groups is 1. The number of halogens is 2. The summed E-state index contributed by atoms with van der Waals surface area (Å²) in [6.45, 7) is 2.31. The van der Waals surface area contributed by atoms with E-state index in [1.807, 2.05) is 6.92 Å². The van der Waals surface area contributed by atoms with Crippen LogP contribution < -0.4 is 4.90 Å². The Balaban J connectivity index is 1.53. The van der Waals surface area contributed by atoms with Crippen molar-refractivity contribution in [2.75, 3.05) is 25.0 Å². The average Bonchev–Trinajstić information content (AvgIpc) is 3.19. The van der Waals surface area contributed by atoms with Gasteiger partial charge in [0.25, 0.3) is 11.8 Å². The number of hydrogen-bond donors (Lipinski definition) is 0. The normalized spacial score (nSPS) is 15.7. The number of rotatable bonds is 7. The highest BCUT2D eigenvalue weighted by Crippen LogP contribution is 2.35. The molecule has 0 radical (unpaired) electrons. The third-order valence-corrected chi connectivity index (χ3v) is 7.58. The average molecular weight is 587 g/mol. The number of nitriles is 1. The number of likely N-dealkylation sites (N-methyl/N-ethyl adjacent to an activating group) is 2. The van der Waals surface area contributed by atoms with Crippen molar-refractivity contribution in [1.29, 1.82) is 5.26 Å². The molecule has 0 bridgehead atoms. The molecule has 1 fully saturated rings. The highest BCUT2D eigenvalue weighted by molar-refractivity contribution is 6.35. The Hall–Kier alpha value is -4.52. The van der Waals surface area contributed by atoms with Gasteiger partial charge in [-0.15, -0.1) is 0 Å². The van der Waals surface area contributed by atoms with Gasteiger partial charge < -0.3 is 9.80 Å². The second-order valence-corrected chi connectivity index (χ2v) is 10.5. The number of amides is 4. The van der Waals surface area contributed by atoms with E-state index in [9.17, 15) is 19.6 Å². The fraction of sp³-hybridized carbons (Fsp3) is 0.200. The van der Waals surface area contributed by atoms with Crippen LogP contribution in [0.3, 0.4) is 0 Å². The number of benzene rings is 3.